The minimum Gasteiger partial charge on any atom is -0.449 e. The molecule has 0 radical (unpaired) electrons. The lowest BCUT2D eigenvalue weighted by Crippen LogP contribution is -2.39. The molecule has 1 saturated heterocycles. The smallest absolute Gasteiger partial charge is 0.407 e. The number of carbonyl (C=O) groups excluding carboxylic acids is 2. The standard InChI is InChI=1S/C15H29N3O4/c1-15(2,11-21-13(19)16-3)12-22-14(20)17-7-10-18-8-5-4-6-9-18/h4-12H2,1-3H3,(H,16,19)(H,17,20). The summed E-state index contributed by atoms with van der Waals surface area (Å²) in [5, 5.41) is 5.13. The predicted molar refractivity (Wildman–Crippen MR) is 83.8 cm³/mol. The second-order valence-electron chi connectivity index (χ2n) is 6.40. The Balaban J connectivity index is 2.11. The fourth-order valence-electron chi connectivity index (χ4n) is 2.19. The molecule has 1 aliphatic heterocycles. The largest absolute Gasteiger partial charge is 0.449 e. The van der Waals surface area contributed by atoms with Crippen molar-refractivity contribution in [2.75, 3.05) is 46.4 Å². The summed E-state index contributed by atoms with van der Waals surface area (Å²) in [6, 6.07) is 0. The van der Waals surface area contributed by atoms with E-state index in [1.807, 2.05) is 13.8 Å². The summed E-state index contributed by atoms with van der Waals surface area (Å²) in [7, 11) is 1.50. The summed E-state index contributed by atoms with van der Waals surface area (Å²) in [6.45, 7) is 7.80. The monoisotopic (exact) mass is 315 g/mol. The van der Waals surface area contributed by atoms with Crippen LogP contribution in [0.3, 0.4) is 0 Å². The highest BCUT2D eigenvalue weighted by Crippen LogP contribution is 2.16. The molecular weight excluding hydrogens is 286 g/mol. The van der Waals surface area contributed by atoms with E-state index >= 15 is 0 Å². The van der Waals surface area contributed by atoms with Crippen LogP contribution in [0.25, 0.3) is 0 Å². The van der Waals surface area contributed by atoms with Crippen LogP contribution >= 0.6 is 0 Å². The number of amides is 2. The third-order valence-corrected chi connectivity index (χ3v) is 3.54. The third kappa shape index (κ3) is 8.07. The van der Waals surface area contributed by atoms with Crippen LogP contribution in [0.2, 0.25) is 0 Å². The van der Waals surface area contributed by atoms with E-state index in [2.05, 4.69) is 15.5 Å². The number of carbonyl (C=O) groups is 2. The van der Waals surface area contributed by atoms with Gasteiger partial charge >= 0.3 is 12.2 Å². The molecule has 0 aliphatic carbocycles. The molecule has 0 aromatic heterocycles. The summed E-state index contributed by atoms with van der Waals surface area (Å²) in [5.74, 6) is 0. The van der Waals surface area contributed by atoms with E-state index < -0.39 is 17.6 Å². The average molecular weight is 315 g/mol. The Morgan fingerprint density at radius 3 is 2.23 bits per heavy atom. The molecule has 0 atom stereocenters. The van der Waals surface area contributed by atoms with Gasteiger partial charge in [0, 0.05) is 25.6 Å². The first-order valence-electron chi connectivity index (χ1n) is 7.90. The molecule has 2 amide bonds. The number of hydrogen-bond donors (Lipinski definition) is 2. The van der Waals surface area contributed by atoms with E-state index in [1.165, 1.54) is 26.3 Å². The summed E-state index contributed by atoms with van der Waals surface area (Å²) in [6.07, 6.45) is 2.87. The maximum absolute atomic E-state index is 11.7. The van der Waals surface area contributed by atoms with Gasteiger partial charge in [-0.15, -0.1) is 0 Å². The molecule has 7 nitrogen and oxygen atoms in total. The molecular formula is C15H29N3O4. The van der Waals surface area contributed by atoms with Crippen molar-refractivity contribution in [3.63, 3.8) is 0 Å². The summed E-state index contributed by atoms with van der Waals surface area (Å²) < 4.78 is 10.2. The molecule has 7 heteroatoms. The van der Waals surface area contributed by atoms with Crippen molar-refractivity contribution in [3.8, 4) is 0 Å². The zero-order valence-corrected chi connectivity index (χ0v) is 13.9. The summed E-state index contributed by atoms with van der Waals surface area (Å²) in [5.41, 5.74) is -0.420. The van der Waals surface area contributed by atoms with Crippen molar-refractivity contribution in [3.05, 3.63) is 0 Å². The minimum atomic E-state index is -0.487. The highest BCUT2D eigenvalue weighted by molar-refractivity contribution is 5.67. The van der Waals surface area contributed by atoms with E-state index in [0.717, 1.165) is 19.6 Å². The Labute approximate surface area is 132 Å². The van der Waals surface area contributed by atoms with Crippen LogP contribution in [-0.2, 0) is 9.47 Å². The number of ether oxygens (including phenoxy) is 2. The Hall–Kier alpha value is -1.50. The van der Waals surface area contributed by atoms with Crippen molar-refractivity contribution >= 4 is 12.2 Å². The molecule has 0 saturated carbocycles. The number of hydrogen-bond acceptors (Lipinski definition) is 5. The molecule has 2 N–H and O–H groups in total. The molecule has 22 heavy (non-hydrogen) atoms. The van der Waals surface area contributed by atoms with E-state index in [4.69, 9.17) is 9.47 Å². The van der Waals surface area contributed by atoms with Crippen molar-refractivity contribution < 1.29 is 19.1 Å². The van der Waals surface area contributed by atoms with Crippen LogP contribution in [-0.4, -0.2) is 63.5 Å². The third-order valence-electron chi connectivity index (χ3n) is 3.54. The molecule has 0 aromatic rings. The predicted octanol–water partition coefficient (Wildman–Crippen LogP) is 1.58. The van der Waals surface area contributed by atoms with Crippen LogP contribution in [0.4, 0.5) is 9.59 Å². The number of alkyl carbamates (subject to hydrolysis) is 2. The van der Waals surface area contributed by atoms with Gasteiger partial charge in [0.1, 0.15) is 13.2 Å². The van der Waals surface area contributed by atoms with Gasteiger partial charge in [-0.1, -0.05) is 20.3 Å². The van der Waals surface area contributed by atoms with Gasteiger partial charge in [0.25, 0.3) is 0 Å². The van der Waals surface area contributed by atoms with E-state index in [-0.39, 0.29) is 13.2 Å². The number of nitrogens with one attached hydrogen (secondary N) is 2. The first-order valence-corrected chi connectivity index (χ1v) is 7.90. The highest BCUT2D eigenvalue weighted by Gasteiger charge is 2.22. The first kappa shape index (κ1) is 18.5. The zero-order valence-electron chi connectivity index (χ0n) is 13.9. The second-order valence-corrected chi connectivity index (χ2v) is 6.40. The number of rotatable bonds is 7. The SMILES string of the molecule is CNC(=O)OCC(C)(C)COC(=O)NCCN1CCCCC1. The second kappa shape index (κ2) is 9.50. The lowest BCUT2D eigenvalue weighted by Gasteiger charge is -2.26. The van der Waals surface area contributed by atoms with Gasteiger partial charge in [0.05, 0.1) is 0 Å². The van der Waals surface area contributed by atoms with Crippen molar-refractivity contribution in [2.45, 2.75) is 33.1 Å². The Morgan fingerprint density at radius 2 is 1.64 bits per heavy atom. The van der Waals surface area contributed by atoms with Gasteiger partial charge in [0.15, 0.2) is 0 Å². The molecule has 0 spiro atoms. The van der Waals surface area contributed by atoms with E-state index in [1.54, 1.807) is 0 Å². The molecule has 1 heterocycles. The fraction of sp³-hybridized carbons (Fsp3) is 0.867. The topological polar surface area (TPSA) is 79.9 Å². The van der Waals surface area contributed by atoms with Crippen LogP contribution < -0.4 is 10.6 Å². The van der Waals surface area contributed by atoms with Gasteiger partial charge in [-0.3, -0.25) is 0 Å². The van der Waals surface area contributed by atoms with Gasteiger partial charge in [-0.2, -0.15) is 0 Å². The highest BCUT2D eigenvalue weighted by atomic mass is 16.6. The lowest BCUT2D eigenvalue weighted by molar-refractivity contribution is 0.0470. The summed E-state index contributed by atoms with van der Waals surface area (Å²) >= 11 is 0. The van der Waals surface area contributed by atoms with Crippen molar-refractivity contribution in [1.29, 1.82) is 0 Å². The van der Waals surface area contributed by atoms with Gasteiger partial charge in [0.2, 0.25) is 0 Å². The molecule has 1 fully saturated rings. The molecule has 1 rings (SSSR count). The number of nitrogens with zero attached hydrogens (tertiary/aromatic N) is 1. The Bertz CT molecular complexity index is 355. The maximum atomic E-state index is 11.7. The Morgan fingerprint density at radius 1 is 1.05 bits per heavy atom. The van der Waals surface area contributed by atoms with E-state index in [9.17, 15) is 9.59 Å². The summed E-state index contributed by atoms with van der Waals surface area (Å²) in [4.78, 5) is 25.0. The van der Waals surface area contributed by atoms with Crippen LogP contribution in [0.1, 0.15) is 33.1 Å². The molecule has 128 valence electrons. The number of likely N-dealkylation sites (tertiary alicyclic amines) is 1. The molecule has 0 aromatic carbocycles. The first-order chi connectivity index (χ1) is 10.4. The van der Waals surface area contributed by atoms with E-state index in [0.29, 0.717) is 6.54 Å². The van der Waals surface area contributed by atoms with Gasteiger partial charge in [-0.05, 0) is 25.9 Å². The number of piperidine rings is 1. The fourth-order valence-corrected chi connectivity index (χ4v) is 2.19. The zero-order chi connectivity index (χ0) is 16.4. The van der Waals surface area contributed by atoms with Crippen LogP contribution in [0, 0.1) is 5.41 Å². The molecule has 0 bridgehead atoms. The van der Waals surface area contributed by atoms with Crippen LogP contribution in [0.5, 0.6) is 0 Å². The van der Waals surface area contributed by atoms with Gasteiger partial charge < -0.3 is 25.0 Å². The van der Waals surface area contributed by atoms with Gasteiger partial charge in [-0.25, -0.2) is 9.59 Å². The lowest BCUT2D eigenvalue weighted by atomic mass is 9.96. The Kier molecular flexibility index (Phi) is 8.01. The molecule has 0 unspecified atom stereocenters. The average Bonchev–Trinajstić information content (AvgIpc) is 2.52. The van der Waals surface area contributed by atoms with Crippen LogP contribution in [0.15, 0.2) is 0 Å². The quantitative estimate of drug-likeness (QED) is 0.745. The van der Waals surface area contributed by atoms with Crippen molar-refractivity contribution in [1.82, 2.24) is 15.5 Å². The normalized spacial score (nSPS) is 16.0. The minimum absolute atomic E-state index is 0.188. The maximum Gasteiger partial charge on any atom is 0.407 e. The van der Waals surface area contributed by atoms with Crippen molar-refractivity contribution in [2.24, 2.45) is 5.41 Å². The molecule has 1 aliphatic rings.